The van der Waals surface area contributed by atoms with Gasteiger partial charge in [0.2, 0.25) is 0 Å². The first-order chi connectivity index (χ1) is 12.9. The van der Waals surface area contributed by atoms with Gasteiger partial charge < -0.3 is 24.0 Å². The first kappa shape index (κ1) is 22.7. The van der Waals surface area contributed by atoms with Crippen LogP contribution in [0.5, 0.6) is 0 Å². The minimum Gasteiger partial charge on any atom is -1.00 e. The SMILES string of the molecule is C[n+]1c(CC(=O)c2ccc(Cl)cc2)cccc1CC(=O)c1ccc(Br)cc1.[I-]. The fraction of sp³-hybridized carbons (Fsp3) is 0.136. The summed E-state index contributed by atoms with van der Waals surface area (Å²) in [6, 6.07) is 19.9. The van der Waals surface area contributed by atoms with Gasteiger partial charge in [-0.3, -0.25) is 9.59 Å². The third kappa shape index (κ3) is 5.72. The van der Waals surface area contributed by atoms with Crippen molar-refractivity contribution in [2.24, 2.45) is 7.05 Å². The first-order valence-electron chi connectivity index (χ1n) is 8.48. The standard InChI is InChI=1S/C22H18BrClNO2.HI/c1-25-19(13-21(26)15-5-9-17(23)10-6-15)3-2-4-20(25)14-22(27)16-7-11-18(24)12-8-16;/h2-12H,13-14H2,1H3;1H/q+1;/p-1. The van der Waals surface area contributed by atoms with E-state index < -0.39 is 0 Å². The molecule has 0 aliphatic rings. The largest absolute Gasteiger partial charge is 1.00 e. The van der Waals surface area contributed by atoms with Crippen LogP contribution in [0.2, 0.25) is 5.02 Å². The number of rotatable bonds is 6. The molecule has 0 N–H and O–H groups in total. The third-order valence-electron chi connectivity index (χ3n) is 4.45. The normalized spacial score (nSPS) is 10.2. The molecule has 0 fully saturated rings. The average Bonchev–Trinajstić information content (AvgIpc) is 2.66. The Morgan fingerprint density at radius 3 is 1.71 bits per heavy atom. The van der Waals surface area contributed by atoms with E-state index in [1.54, 1.807) is 36.4 Å². The molecule has 2 aromatic carbocycles. The van der Waals surface area contributed by atoms with Gasteiger partial charge >= 0.3 is 0 Å². The molecule has 3 rings (SSSR count). The van der Waals surface area contributed by atoms with Gasteiger partial charge in [-0.1, -0.05) is 39.7 Å². The molecule has 28 heavy (non-hydrogen) atoms. The van der Waals surface area contributed by atoms with Crippen molar-refractivity contribution in [3.05, 3.63) is 98.7 Å². The van der Waals surface area contributed by atoms with Crippen LogP contribution in [0.15, 0.2) is 71.2 Å². The molecule has 144 valence electrons. The number of benzene rings is 2. The summed E-state index contributed by atoms with van der Waals surface area (Å²) in [4.78, 5) is 25.1. The highest BCUT2D eigenvalue weighted by atomic mass is 127. The van der Waals surface area contributed by atoms with Crippen molar-refractivity contribution in [3.8, 4) is 0 Å². The minimum atomic E-state index is 0. The number of Topliss-reactive ketones (excluding diaryl/α,β-unsaturated/α-hetero) is 2. The van der Waals surface area contributed by atoms with E-state index in [9.17, 15) is 9.59 Å². The van der Waals surface area contributed by atoms with Gasteiger partial charge in [0, 0.05) is 32.8 Å². The Labute approximate surface area is 194 Å². The van der Waals surface area contributed by atoms with Crippen LogP contribution < -0.4 is 28.5 Å². The van der Waals surface area contributed by atoms with E-state index >= 15 is 0 Å². The maximum Gasteiger partial charge on any atom is 0.189 e. The Balaban J connectivity index is 0.00000280. The first-order valence-corrected chi connectivity index (χ1v) is 9.65. The van der Waals surface area contributed by atoms with E-state index in [-0.39, 0.29) is 48.4 Å². The lowest BCUT2D eigenvalue weighted by Gasteiger charge is -2.06. The number of halogens is 3. The van der Waals surface area contributed by atoms with Crippen LogP contribution in [0, 0.1) is 0 Å². The van der Waals surface area contributed by atoms with Crippen molar-refractivity contribution in [2.75, 3.05) is 0 Å². The van der Waals surface area contributed by atoms with Crippen molar-refractivity contribution < 1.29 is 38.1 Å². The molecule has 0 saturated heterocycles. The molecule has 6 heteroatoms. The maximum atomic E-state index is 12.6. The number of hydrogen-bond donors (Lipinski definition) is 0. The van der Waals surface area contributed by atoms with E-state index in [0.29, 0.717) is 16.1 Å². The molecule has 0 atom stereocenters. The number of ketones is 2. The fourth-order valence-electron chi connectivity index (χ4n) is 2.84. The number of nitrogens with zero attached hydrogens (tertiary/aromatic N) is 1. The summed E-state index contributed by atoms with van der Waals surface area (Å²) in [5.74, 6) is 0.0536. The van der Waals surface area contributed by atoms with E-state index in [0.717, 1.165) is 15.9 Å². The van der Waals surface area contributed by atoms with Crippen LogP contribution in [0.1, 0.15) is 32.1 Å². The predicted octanol–water partition coefficient (Wildman–Crippen LogP) is 1.78. The van der Waals surface area contributed by atoms with Crippen molar-refractivity contribution in [2.45, 2.75) is 12.8 Å². The molecule has 0 radical (unpaired) electrons. The number of carbonyl (C=O) groups is 2. The van der Waals surface area contributed by atoms with Gasteiger partial charge in [-0.2, -0.15) is 0 Å². The number of pyridine rings is 1. The second-order valence-corrected chi connectivity index (χ2v) is 7.63. The number of aromatic nitrogens is 1. The summed E-state index contributed by atoms with van der Waals surface area (Å²) < 4.78 is 2.86. The van der Waals surface area contributed by atoms with E-state index in [4.69, 9.17) is 11.6 Å². The molecule has 0 spiro atoms. The van der Waals surface area contributed by atoms with Gasteiger partial charge in [0.15, 0.2) is 23.0 Å². The van der Waals surface area contributed by atoms with Gasteiger partial charge in [-0.05, 0) is 42.5 Å². The molecule has 1 aromatic heterocycles. The van der Waals surface area contributed by atoms with E-state index in [1.807, 2.05) is 41.9 Å². The molecule has 0 bridgehead atoms. The predicted molar refractivity (Wildman–Crippen MR) is 109 cm³/mol. The topological polar surface area (TPSA) is 38.0 Å². The summed E-state index contributed by atoms with van der Waals surface area (Å²) in [6.07, 6.45) is 0.541. The van der Waals surface area contributed by atoms with Gasteiger partial charge in [0.05, 0.1) is 12.8 Å². The highest BCUT2D eigenvalue weighted by molar-refractivity contribution is 9.10. The second kappa shape index (κ2) is 10.3. The molecule has 0 unspecified atom stereocenters. The van der Waals surface area contributed by atoms with Crippen LogP contribution in [0.25, 0.3) is 0 Å². The zero-order valence-corrected chi connectivity index (χ0v) is 19.7. The Bertz CT molecular complexity index is 911. The minimum absolute atomic E-state index is 0. The van der Waals surface area contributed by atoms with E-state index in [2.05, 4.69) is 15.9 Å². The summed E-state index contributed by atoms with van der Waals surface area (Å²) in [5.41, 5.74) is 3.01. The average molecular weight is 571 g/mol. The number of carbonyl (C=O) groups excluding carboxylic acids is 2. The van der Waals surface area contributed by atoms with Crippen LogP contribution >= 0.6 is 27.5 Å². The van der Waals surface area contributed by atoms with Gasteiger partial charge in [-0.25, -0.2) is 4.57 Å². The lowest BCUT2D eigenvalue weighted by molar-refractivity contribution is -0.685. The highest BCUT2D eigenvalue weighted by Gasteiger charge is 2.19. The third-order valence-corrected chi connectivity index (χ3v) is 5.24. The highest BCUT2D eigenvalue weighted by Crippen LogP contribution is 2.14. The van der Waals surface area contributed by atoms with Crippen LogP contribution in [-0.2, 0) is 19.9 Å². The number of hydrogen-bond acceptors (Lipinski definition) is 2. The molecule has 3 aromatic rings. The Hall–Kier alpha value is -1.57. The molecule has 1 heterocycles. The summed E-state index contributed by atoms with van der Waals surface area (Å²) in [5, 5.41) is 0.602. The van der Waals surface area contributed by atoms with Gasteiger partial charge in [-0.15, -0.1) is 0 Å². The summed E-state index contributed by atoms with van der Waals surface area (Å²) in [7, 11) is 1.88. The van der Waals surface area contributed by atoms with Gasteiger partial charge in [0.1, 0.15) is 7.05 Å². The Morgan fingerprint density at radius 2 is 1.25 bits per heavy atom. The van der Waals surface area contributed by atoms with Crippen molar-refractivity contribution in [1.82, 2.24) is 0 Å². The van der Waals surface area contributed by atoms with Crippen LogP contribution in [-0.4, -0.2) is 11.6 Å². The quantitative estimate of drug-likeness (QED) is 0.258. The Kier molecular flexibility index (Phi) is 8.34. The summed E-state index contributed by atoms with van der Waals surface area (Å²) in [6.45, 7) is 0. The lowest BCUT2D eigenvalue weighted by atomic mass is 10.0. The zero-order valence-electron chi connectivity index (χ0n) is 15.2. The molecule has 0 amide bonds. The molecular formula is C22H18BrClINO2. The zero-order chi connectivity index (χ0) is 19.4. The van der Waals surface area contributed by atoms with Crippen molar-refractivity contribution in [3.63, 3.8) is 0 Å². The molecule has 3 nitrogen and oxygen atoms in total. The molecule has 0 saturated carbocycles. The van der Waals surface area contributed by atoms with Crippen LogP contribution in [0.3, 0.4) is 0 Å². The molecular weight excluding hydrogens is 553 g/mol. The maximum absolute atomic E-state index is 12.6. The lowest BCUT2D eigenvalue weighted by Crippen LogP contribution is -3.00. The second-order valence-electron chi connectivity index (χ2n) is 6.28. The van der Waals surface area contributed by atoms with Crippen molar-refractivity contribution in [1.29, 1.82) is 0 Å². The van der Waals surface area contributed by atoms with Gasteiger partial charge in [0.25, 0.3) is 0 Å². The Morgan fingerprint density at radius 1 is 0.821 bits per heavy atom. The fourth-order valence-corrected chi connectivity index (χ4v) is 3.23. The van der Waals surface area contributed by atoms with Crippen molar-refractivity contribution >= 4 is 39.1 Å². The van der Waals surface area contributed by atoms with E-state index in [1.165, 1.54) is 0 Å². The smallest absolute Gasteiger partial charge is 0.189 e. The molecule has 0 aliphatic heterocycles. The molecule has 0 aliphatic carbocycles. The monoisotopic (exact) mass is 569 g/mol. The van der Waals surface area contributed by atoms with Crippen LogP contribution in [0.4, 0.5) is 0 Å². The summed E-state index contributed by atoms with van der Waals surface area (Å²) >= 11 is 9.25.